The van der Waals surface area contributed by atoms with E-state index in [1.54, 1.807) is 0 Å². The third kappa shape index (κ3) is 3.53. The molecule has 1 fully saturated rings. The molecule has 4 N–H and O–H groups in total. The van der Waals surface area contributed by atoms with E-state index in [2.05, 4.69) is 0 Å². The number of hydrogen-bond donors (Lipinski definition) is 3. The third-order valence-electron chi connectivity index (χ3n) is 3.66. The van der Waals surface area contributed by atoms with Gasteiger partial charge in [-0.3, -0.25) is 10.2 Å². The Bertz CT molecular complexity index is 489. The summed E-state index contributed by atoms with van der Waals surface area (Å²) >= 11 is 0. The highest BCUT2D eigenvalue weighted by molar-refractivity contribution is 5.93. The summed E-state index contributed by atoms with van der Waals surface area (Å²) < 4.78 is 13.8. The quantitative estimate of drug-likeness (QED) is 0.420. The number of nitrogens with two attached hydrogens (primary N) is 1. The maximum atomic E-state index is 13.8. The topological polar surface area (TPSA) is 78.6 Å². The highest BCUT2D eigenvalue weighted by atomic mass is 19.1. The minimum atomic E-state index is -0.434. The van der Waals surface area contributed by atoms with Crippen LogP contribution in [0.4, 0.5) is 4.39 Å². The Labute approximate surface area is 117 Å². The molecular formula is C14H20FN3O2. The van der Waals surface area contributed by atoms with Crippen LogP contribution in [0, 0.1) is 11.7 Å². The molecule has 0 unspecified atom stereocenters. The van der Waals surface area contributed by atoms with Crippen molar-refractivity contribution in [1.29, 1.82) is 0 Å². The van der Waals surface area contributed by atoms with Crippen molar-refractivity contribution in [2.45, 2.75) is 25.5 Å². The van der Waals surface area contributed by atoms with E-state index in [-0.39, 0.29) is 11.9 Å². The molecule has 6 heteroatoms. The third-order valence-corrected chi connectivity index (χ3v) is 3.66. The summed E-state index contributed by atoms with van der Waals surface area (Å²) in [5, 5.41) is 9.25. The van der Waals surface area contributed by atoms with Gasteiger partial charge in [0, 0.05) is 24.2 Å². The highest BCUT2D eigenvalue weighted by Gasteiger charge is 2.28. The van der Waals surface area contributed by atoms with Gasteiger partial charge in [0.15, 0.2) is 0 Å². The maximum Gasteiger partial charge on any atom is 0.265 e. The molecule has 1 aliphatic carbocycles. The Morgan fingerprint density at radius 3 is 2.85 bits per heavy atom. The lowest BCUT2D eigenvalue weighted by molar-refractivity contribution is 0.0272. The molecule has 0 radical (unpaired) electrons. The van der Waals surface area contributed by atoms with Crippen molar-refractivity contribution in [3.05, 3.63) is 35.1 Å². The molecular weight excluding hydrogens is 261 g/mol. The molecule has 1 aliphatic rings. The summed E-state index contributed by atoms with van der Waals surface area (Å²) in [4.78, 5) is 13.4. The number of nitrogens with one attached hydrogen (secondary N) is 1. The zero-order valence-electron chi connectivity index (χ0n) is 11.5. The molecule has 0 saturated heterocycles. The van der Waals surface area contributed by atoms with Crippen LogP contribution in [-0.2, 0) is 6.54 Å². The smallest absolute Gasteiger partial charge is 0.265 e. The average molecular weight is 281 g/mol. The summed E-state index contributed by atoms with van der Waals surface area (Å²) in [6.45, 7) is 1.23. The van der Waals surface area contributed by atoms with Crippen molar-refractivity contribution in [3.63, 3.8) is 0 Å². The summed E-state index contributed by atoms with van der Waals surface area (Å²) in [6.07, 6.45) is 1.44. The molecule has 2 rings (SSSR count). The first-order valence-electron chi connectivity index (χ1n) is 6.65. The molecule has 0 aromatic heterocycles. The van der Waals surface area contributed by atoms with E-state index in [4.69, 9.17) is 5.84 Å². The summed E-state index contributed by atoms with van der Waals surface area (Å²) in [5.74, 6) is 4.77. The van der Waals surface area contributed by atoms with Crippen LogP contribution in [0.25, 0.3) is 0 Å². The number of aliphatic hydroxyl groups excluding tert-OH is 1. The monoisotopic (exact) mass is 281 g/mol. The predicted molar refractivity (Wildman–Crippen MR) is 73.1 cm³/mol. The Hall–Kier alpha value is -1.50. The molecule has 1 aromatic carbocycles. The summed E-state index contributed by atoms with van der Waals surface area (Å²) in [7, 11) is 1.90. The van der Waals surface area contributed by atoms with Crippen molar-refractivity contribution in [2.24, 2.45) is 11.8 Å². The second kappa shape index (κ2) is 6.30. The fourth-order valence-corrected chi connectivity index (χ4v) is 2.57. The van der Waals surface area contributed by atoms with Crippen molar-refractivity contribution < 1.29 is 14.3 Å². The van der Waals surface area contributed by atoms with E-state index in [0.29, 0.717) is 23.6 Å². The molecule has 0 aliphatic heterocycles. The van der Waals surface area contributed by atoms with Crippen LogP contribution in [0.5, 0.6) is 0 Å². The first-order chi connectivity index (χ1) is 9.49. The Kier molecular flexibility index (Phi) is 4.69. The van der Waals surface area contributed by atoms with Crippen LogP contribution in [0.3, 0.4) is 0 Å². The number of benzene rings is 1. The molecule has 0 atom stereocenters. The van der Waals surface area contributed by atoms with Gasteiger partial charge in [0.2, 0.25) is 0 Å². The van der Waals surface area contributed by atoms with Gasteiger partial charge < -0.3 is 10.0 Å². The zero-order chi connectivity index (χ0) is 14.7. The first kappa shape index (κ1) is 14.9. The number of halogens is 1. The second-order valence-electron chi connectivity index (χ2n) is 5.47. The lowest BCUT2D eigenvalue weighted by Gasteiger charge is -2.34. The van der Waals surface area contributed by atoms with Gasteiger partial charge >= 0.3 is 0 Å². The van der Waals surface area contributed by atoms with Gasteiger partial charge in [-0.05, 0) is 44.0 Å². The van der Waals surface area contributed by atoms with Gasteiger partial charge in [0.1, 0.15) is 5.82 Å². The molecule has 0 spiro atoms. The van der Waals surface area contributed by atoms with Gasteiger partial charge in [0.25, 0.3) is 5.91 Å². The van der Waals surface area contributed by atoms with Crippen LogP contribution >= 0.6 is 0 Å². The maximum absolute atomic E-state index is 13.8. The minimum Gasteiger partial charge on any atom is -0.393 e. The number of nitrogen functional groups attached to an aromatic ring is 1. The average Bonchev–Trinajstić information content (AvgIpc) is 2.38. The molecule has 20 heavy (non-hydrogen) atoms. The van der Waals surface area contributed by atoms with Gasteiger partial charge in [-0.25, -0.2) is 10.2 Å². The molecule has 0 heterocycles. The van der Waals surface area contributed by atoms with Crippen LogP contribution in [0.15, 0.2) is 18.2 Å². The van der Waals surface area contributed by atoms with E-state index < -0.39 is 5.91 Å². The lowest BCUT2D eigenvalue weighted by atomic mass is 9.82. The predicted octanol–water partition coefficient (Wildman–Crippen LogP) is 0.632. The highest BCUT2D eigenvalue weighted by Crippen LogP contribution is 2.28. The Morgan fingerprint density at radius 2 is 2.25 bits per heavy atom. The van der Waals surface area contributed by atoms with E-state index in [1.807, 2.05) is 17.4 Å². The van der Waals surface area contributed by atoms with E-state index in [1.165, 1.54) is 18.2 Å². The molecule has 110 valence electrons. The van der Waals surface area contributed by atoms with Crippen LogP contribution < -0.4 is 11.3 Å². The first-order valence-corrected chi connectivity index (χ1v) is 6.65. The van der Waals surface area contributed by atoms with Crippen molar-refractivity contribution in [3.8, 4) is 0 Å². The largest absolute Gasteiger partial charge is 0.393 e. The molecule has 1 saturated carbocycles. The summed E-state index contributed by atoms with van der Waals surface area (Å²) in [6, 6.07) is 4.20. The molecule has 0 bridgehead atoms. The number of rotatable bonds is 5. The summed E-state index contributed by atoms with van der Waals surface area (Å²) in [5.41, 5.74) is 2.84. The number of hydrazine groups is 1. The van der Waals surface area contributed by atoms with Gasteiger partial charge in [-0.15, -0.1) is 0 Å². The second-order valence-corrected chi connectivity index (χ2v) is 5.47. The van der Waals surface area contributed by atoms with Gasteiger partial charge in [-0.2, -0.15) is 0 Å². The normalized spacial score (nSPS) is 21.6. The molecule has 1 amide bonds. The van der Waals surface area contributed by atoms with Gasteiger partial charge in [-0.1, -0.05) is 0 Å². The number of nitrogens with zero attached hydrogens (tertiary/aromatic N) is 1. The lowest BCUT2D eigenvalue weighted by Crippen LogP contribution is -2.37. The van der Waals surface area contributed by atoms with Crippen LogP contribution in [0.1, 0.15) is 28.8 Å². The fourth-order valence-electron chi connectivity index (χ4n) is 2.57. The van der Waals surface area contributed by atoms with Crippen molar-refractivity contribution in [2.75, 3.05) is 13.6 Å². The number of aliphatic hydroxyl groups is 1. The number of carbonyl (C=O) groups is 1. The van der Waals surface area contributed by atoms with Crippen molar-refractivity contribution >= 4 is 5.91 Å². The minimum absolute atomic E-state index is 0.179. The molecule has 1 aromatic rings. The van der Waals surface area contributed by atoms with E-state index in [0.717, 1.165) is 19.4 Å². The standard InChI is InChI=1S/C14H20FN3O2/c1-18(7-9-4-12(19)5-9)8-11-6-10(14(20)17-16)2-3-13(11)15/h2-3,6,9,12,19H,4-5,7-8,16H2,1H3,(H,17,20). The number of carbonyl (C=O) groups excluding carboxylic acids is 1. The Morgan fingerprint density at radius 1 is 1.55 bits per heavy atom. The van der Waals surface area contributed by atoms with Crippen molar-refractivity contribution in [1.82, 2.24) is 10.3 Å². The van der Waals surface area contributed by atoms with Crippen LogP contribution in [-0.4, -0.2) is 35.6 Å². The van der Waals surface area contributed by atoms with E-state index >= 15 is 0 Å². The van der Waals surface area contributed by atoms with Crippen LogP contribution in [0.2, 0.25) is 0 Å². The zero-order valence-corrected chi connectivity index (χ0v) is 11.5. The SMILES string of the molecule is CN(Cc1cc(C(=O)NN)ccc1F)CC1CC(O)C1. The fraction of sp³-hybridized carbons (Fsp3) is 0.500. The molecule has 5 nitrogen and oxygen atoms in total. The Balaban J connectivity index is 1.98. The van der Waals surface area contributed by atoms with Gasteiger partial charge in [0.05, 0.1) is 6.10 Å². The number of hydrogen-bond acceptors (Lipinski definition) is 4. The number of amides is 1. The van der Waals surface area contributed by atoms with E-state index in [9.17, 15) is 14.3 Å².